The monoisotopic (exact) mass is 448 g/mol. The maximum absolute atomic E-state index is 13.1. The third-order valence-corrected chi connectivity index (χ3v) is 8.20. The standard InChI is InChI=1S/C21H25BrN2O2S/c1-13-7-11-16(12-8-13)27(25,26)23-24-20-15(3)10-9-14(2)19(20)17-5-4-6-18(22)21(17)24/h7-12,17-18,21,23H,4-6H2,1-3H3. The van der Waals surface area contributed by atoms with Crippen molar-refractivity contribution >= 4 is 31.6 Å². The number of hydrogen-bond donors (Lipinski definition) is 1. The molecule has 0 amide bonds. The summed E-state index contributed by atoms with van der Waals surface area (Å²) in [6.45, 7) is 6.14. The van der Waals surface area contributed by atoms with Crippen LogP contribution in [0.25, 0.3) is 0 Å². The van der Waals surface area contributed by atoms with Gasteiger partial charge in [-0.05, 0) is 62.4 Å². The zero-order valence-corrected chi connectivity index (χ0v) is 18.3. The predicted octanol–water partition coefficient (Wildman–Crippen LogP) is 4.72. The smallest absolute Gasteiger partial charge is 0.257 e. The van der Waals surface area contributed by atoms with E-state index in [1.165, 1.54) is 11.1 Å². The van der Waals surface area contributed by atoms with Crippen LogP contribution in [0.4, 0.5) is 5.69 Å². The number of anilines is 1. The summed E-state index contributed by atoms with van der Waals surface area (Å²) >= 11 is 3.84. The summed E-state index contributed by atoms with van der Waals surface area (Å²) in [5.41, 5.74) is 5.73. The summed E-state index contributed by atoms with van der Waals surface area (Å²) in [7, 11) is -3.65. The van der Waals surface area contributed by atoms with Gasteiger partial charge < -0.3 is 0 Å². The molecule has 4 nitrogen and oxygen atoms in total. The van der Waals surface area contributed by atoms with E-state index < -0.39 is 10.0 Å². The molecule has 1 heterocycles. The van der Waals surface area contributed by atoms with Crippen LogP contribution in [0.2, 0.25) is 0 Å². The molecule has 1 fully saturated rings. The average molecular weight is 449 g/mol. The van der Waals surface area contributed by atoms with Gasteiger partial charge >= 0.3 is 0 Å². The van der Waals surface area contributed by atoms with E-state index in [1.54, 1.807) is 12.1 Å². The van der Waals surface area contributed by atoms with E-state index in [0.29, 0.717) is 10.8 Å². The molecule has 3 unspecified atom stereocenters. The summed E-state index contributed by atoms with van der Waals surface area (Å²) in [5, 5.41) is 1.93. The third-order valence-electron chi connectivity index (χ3n) is 5.87. The van der Waals surface area contributed by atoms with Crippen LogP contribution >= 0.6 is 15.9 Å². The van der Waals surface area contributed by atoms with Crippen LogP contribution in [0.3, 0.4) is 0 Å². The fraction of sp³-hybridized carbons (Fsp3) is 0.429. The molecule has 1 aliphatic carbocycles. The average Bonchev–Trinajstić information content (AvgIpc) is 2.95. The Morgan fingerprint density at radius 2 is 1.67 bits per heavy atom. The first kappa shape index (κ1) is 19.0. The summed E-state index contributed by atoms with van der Waals surface area (Å²) in [4.78, 5) is 3.47. The van der Waals surface area contributed by atoms with E-state index in [2.05, 4.69) is 46.7 Å². The van der Waals surface area contributed by atoms with Gasteiger partial charge in [-0.25, -0.2) is 8.42 Å². The molecule has 0 saturated heterocycles. The van der Waals surface area contributed by atoms with Crippen LogP contribution in [0, 0.1) is 20.8 Å². The number of nitrogens with zero attached hydrogens (tertiary/aromatic N) is 1. The van der Waals surface area contributed by atoms with Crippen molar-refractivity contribution in [3.63, 3.8) is 0 Å². The predicted molar refractivity (Wildman–Crippen MR) is 113 cm³/mol. The SMILES string of the molecule is Cc1ccc(S(=O)(=O)NN2c3c(C)ccc(C)c3C3CCCC(Br)C32)cc1. The molecule has 2 aromatic carbocycles. The lowest BCUT2D eigenvalue weighted by Crippen LogP contribution is -2.52. The number of alkyl halides is 1. The van der Waals surface area contributed by atoms with Crippen LogP contribution in [0.15, 0.2) is 41.3 Å². The Morgan fingerprint density at radius 3 is 2.37 bits per heavy atom. The number of halogens is 1. The van der Waals surface area contributed by atoms with Gasteiger partial charge in [-0.1, -0.05) is 52.2 Å². The van der Waals surface area contributed by atoms with Gasteiger partial charge in [0.1, 0.15) is 0 Å². The molecule has 2 aromatic rings. The van der Waals surface area contributed by atoms with Gasteiger partial charge in [0.15, 0.2) is 0 Å². The number of rotatable bonds is 3. The first-order chi connectivity index (χ1) is 12.8. The number of sulfonamides is 1. The molecule has 4 rings (SSSR count). The molecule has 3 atom stereocenters. The lowest BCUT2D eigenvalue weighted by atomic mass is 9.81. The van der Waals surface area contributed by atoms with Crippen LogP contribution in [-0.4, -0.2) is 19.3 Å². The van der Waals surface area contributed by atoms with Crippen LogP contribution in [-0.2, 0) is 10.0 Å². The molecule has 0 spiro atoms. The molecular weight excluding hydrogens is 424 g/mol. The normalized spacial score (nSPS) is 24.6. The molecule has 27 heavy (non-hydrogen) atoms. The number of benzene rings is 2. The van der Waals surface area contributed by atoms with Crippen molar-refractivity contribution in [2.45, 2.75) is 61.7 Å². The number of hydrazine groups is 1. The second-order valence-electron chi connectivity index (χ2n) is 7.78. The zero-order valence-electron chi connectivity index (χ0n) is 15.9. The lowest BCUT2D eigenvalue weighted by molar-refractivity contribution is 0.393. The highest BCUT2D eigenvalue weighted by molar-refractivity contribution is 9.09. The van der Waals surface area contributed by atoms with Gasteiger partial charge in [0, 0.05) is 10.7 Å². The van der Waals surface area contributed by atoms with Crippen molar-refractivity contribution in [3.8, 4) is 0 Å². The minimum absolute atomic E-state index is 0.0915. The number of fused-ring (bicyclic) bond motifs is 3. The largest absolute Gasteiger partial charge is 0.289 e. The summed E-state index contributed by atoms with van der Waals surface area (Å²) < 4.78 is 26.2. The molecule has 6 heteroatoms. The Labute approximate surface area is 170 Å². The molecule has 2 aliphatic rings. The van der Waals surface area contributed by atoms with Gasteiger partial charge in [0.25, 0.3) is 10.0 Å². The molecule has 1 N–H and O–H groups in total. The number of hydrogen-bond acceptors (Lipinski definition) is 3. The molecule has 144 valence electrons. The van der Waals surface area contributed by atoms with E-state index in [1.807, 2.05) is 24.1 Å². The molecule has 0 aromatic heterocycles. The Bertz CT molecular complexity index is 972. The van der Waals surface area contributed by atoms with Crippen LogP contribution in [0.1, 0.15) is 47.4 Å². The Kier molecular flexibility index (Phi) is 4.85. The maximum Gasteiger partial charge on any atom is 0.257 e. The molecule has 0 radical (unpaired) electrons. The van der Waals surface area contributed by atoms with Gasteiger partial charge in [-0.15, -0.1) is 4.83 Å². The summed E-state index contributed by atoms with van der Waals surface area (Å²) in [6.07, 6.45) is 3.30. The van der Waals surface area contributed by atoms with Gasteiger partial charge in [-0.3, -0.25) is 5.01 Å². The number of nitrogens with one attached hydrogen (secondary N) is 1. The Balaban J connectivity index is 1.79. The fourth-order valence-corrected chi connectivity index (χ4v) is 6.54. The second kappa shape index (κ2) is 6.90. The van der Waals surface area contributed by atoms with Crippen molar-refractivity contribution in [1.29, 1.82) is 0 Å². The maximum atomic E-state index is 13.1. The Hall–Kier alpha value is -1.37. The lowest BCUT2D eigenvalue weighted by Gasteiger charge is -2.37. The summed E-state index contributed by atoms with van der Waals surface area (Å²) in [6, 6.07) is 11.3. The highest BCUT2D eigenvalue weighted by Gasteiger charge is 2.46. The van der Waals surface area contributed by atoms with E-state index in [4.69, 9.17) is 0 Å². The Morgan fingerprint density at radius 1 is 1.00 bits per heavy atom. The number of aryl methyl sites for hydroxylation is 3. The van der Waals surface area contributed by atoms with Crippen LogP contribution in [0.5, 0.6) is 0 Å². The first-order valence-corrected chi connectivity index (χ1v) is 11.8. The van der Waals surface area contributed by atoms with Crippen LogP contribution < -0.4 is 9.84 Å². The highest BCUT2D eigenvalue weighted by atomic mass is 79.9. The fourth-order valence-electron chi connectivity index (χ4n) is 4.54. The van der Waals surface area contributed by atoms with Gasteiger partial charge in [0.05, 0.1) is 16.6 Å². The molecule has 1 saturated carbocycles. The van der Waals surface area contributed by atoms with Crippen molar-refractivity contribution in [3.05, 3.63) is 58.7 Å². The van der Waals surface area contributed by atoms with E-state index >= 15 is 0 Å². The quantitative estimate of drug-likeness (QED) is 0.690. The van der Waals surface area contributed by atoms with Crippen molar-refractivity contribution in [2.75, 3.05) is 5.01 Å². The van der Waals surface area contributed by atoms with E-state index in [0.717, 1.165) is 36.1 Å². The molecular formula is C21H25BrN2O2S. The molecule has 0 bridgehead atoms. The zero-order chi connectivity index (χ0) is 19.3. The van der Waals surface area contributed by atoms with Crippen molar-refractivity contribution < 1.29 is 8.42 Å². The van der Waals surface area contributed by atoms with Crippen molar-refractivity contribution in [2.24, 2.45) is 0 Å². The minimum atomic E-state index is -3.65. The van der Waals surface area contributed by atoms with E-state index in [9.17, 15) is 8.42 Å². The van der Waals surface area contributed by atoms with Gasteiger partial charge in [0.2, 0.25) is 0 Å². The topological polar surface area (TPSA) is 49.4 Å². The highest BCUT2D eigenvalue weighted by Crippen LogP contribution is 2.51. The second-order valence-corrected chi connectivity index (χ2v) is 10.6. The van der Waals surface area contributed by atoms with E-state index in [-0.39, 0.29) is 10.9 Å². The first-order valence-electron chi connectivity index (χ1n) is 9.42. The van der Waals surface area contributed by atoms with Crippen molar-refractivity contribution in [1.82, 2.24) is 4.83 Å². The third kappa shape index (κ3) is 3.22. The minimum Gasteiger partial charge on any atom is -0.289 e. The van der Waals surface area contributed by atoms with Gasteiger partial charge in [-0.2, -0.15) is 0 Å². The summed E-state index contributed by atoms with van der Waals surface area (Å²) in [5.74, 6) is 0.346. The molecule has 1 aliphatic heterocycles.